The highest BCUT2D eigenvalue weighted by atomic mass is 16.5. The second kappa shape index (κ2) is 80.1. The standard InChI is InChI=1S/C93H167N9O23.3H2/c1-72(103)73(43-37-40-57-100-89(116)78(94)47-33-30-32-46-77(105)70-124-65-63-122-61-59-98-83(108)54-52-75(91(118)119)67-76(104)45-31-26-22-18-14-10-8-9-13-17-21-25-29-36-51-88(114)115)68-81(106)74(69-82(107)93(2,3)96)44-38-41-58-101-90(117)79(95)48-39-42-56-97-86(111)71-125-66-64-123-62-60-99-84(109)55-53-80(92(120)121)102-85(110)49-34-27-23-19-15-11-6-4-5-7-12-16-20-24-28-35-50-87(112)113;;;/h73-75,78-80H,4-71,94-96H2,1-3H3,(H,97,111)(H,98,108)(H,99,109)(H,100,116)(H,101,117)(H,102,110)(H,112,113)(H,114,115)(H,118,119)(H,120,121);3*1H/t73-,74-,75-,78+,79+,80+;;;/m1.../s1. The molecule has 0 bridgehead atoms. The quantitative estimate of drug-likeness (QED) is 0.0252. The fourth-order valence-corrected chi connectivity index (χ4v) is 14.4. The number of aliphatic carboxylic acids is 4. The van der Waals surface area contributed by atoms with Gasteiger partial charge in [-0.05, 0) is 117 Å². The molecule has 0 heterocycles. The summed E-state index contributed by atoms with van der Waals surface area (Å²) in [6.45, 7) is 6.61. The van der Waals surface area contributed by atoms with Crippen LogP contribution >= 0.6 is 0 Å². The van der Waals surface area contributed by atoms with Crippen LogP contribution in [0.1, 0.15) is 378 Å². The topological polar surface area (TPSA) is 524 Å². The Morgan fingerprint density at radius 3 is 1.08 bits per heavy atom. The van der Waals surface area contributed by atoms with Gasteiger partial charge in [-0.1, -0.05) is 193 Å². The molecule has 0 unspecified atom stereocenters. The fraction of sp³-hybridized carbons (Fsp3) is 0.839. The molecular weight excluding hydrogens is 1610 g/mol. The third kappa shape index (κ3) is 75.5. The van der Waals surface area contributed by atoms with E-state index >= 15 is 0 Å². The van der Waals surface area contributed by atoms with Gasteiger partial charge in [0.2, 0.25) is 35.4 Å². The zero-order chi connectivity index (χ0) is 92.8. The summed E-state index contributed by atoms with van der Waals surface area (Å²) in [5.74, 6) is -8.84. The third-order valence-corrected chi connectivity index (χ3v) is 22.4. The van der Waals surface area contributed by atoms with Crippen LogP contribution in [-0.4, -0.2) is 218 Å². The number of carboxylic acid groups (broad SMARTS) is 4. The minimum atomic E-state index is -1.20. The van der Waals surface area contributed by atoms with Gasteiger partial charge in [0.1, 0.15) is 36.6 Å². The Morgan fingerprint density at radius 1 is 0.312 bits per heavy atom. The highest BCUT2D eigenvalue weighted by Crippen LogP contribution is 2.26. The molecule has 0 aromatic carbocycles. The van der Waals surface area contributed by atoms with Gasteiger partial charge in [0.05, 0.1) is 63.2 Å². The van der Waals surface area contributed by atoms with E-state index in [1.54, 1.807) is 13.8 Å². The first-order valence-electron chi connectivity index (χ1n) is 47.7. The molecule has 0 aliphatic carbocycles. The summed E-state index contributed by atoms with van der Waals surface area (Å²) in [5.41, 5.74) is 17.3. The zero-order valence-electron chi connectivity index (χ0n) is 76.8. The van der Waals surface area contributed by atoms with E-state index in [0.29, 0.717) is 116 Å². The predicted octanol–water partition coefficient (Wildman–Crippen LogP) is 12.8. The summed E-state index contributed by atoms with van der Waals surface area (Å²) < 4.78 is 21.8. The fourth-order valence-electron chi connectivity index (χ4n) is 14.4. The first-order valence-corrected chi connectivity index (χ1v) is 47.7. The Hall–Kier alpha value is -7.23. The smallest absolute Gasteiger partial charge is 0.326 e. The lowest BCUT2D eigenvalue weighted by Crippen LogP contribution is -2.43. The number of amides is 6. The van der Waals surface area contributed by atoms with Crippen LogP contribution in [0.5, 0.6) is 0 Å². The van der Waals surface area contributed by atoms with Crippen LogP contribution in [-0.2, 0) is 90.9 Å². The van der Waals surface area contributed by atoms with Gasteiger partial charge < -0.3 is 88.5 Å². The molecular formula is C93H173N9O23. The van der Waals surface area contributed by atoms with Crippen LogP contribution in [0, 0.1) is 17.8 Å². The summed E-state index contributed by atoms with van der Waals surface area (Å²) >= 11 is 0. The van der Waals surface area contributed by atoms with Gasteiger partial charge in [-0.2, -0.15) is 0 Å². The summed E-state index contributed by atoms with van der Waals surface area (Å²) in [4.78, 5) is 185. The van der Waals surface area contributed by atoms with E-state index in [9.17, 15) is 82.1 Å². The van der Waals surface area contributed by atoms with Crippen LogP contribution in [0.25, 0.3) is 0 Å². The van der Waals surface area contributed by atoms with Crippen LogP contribution in [0.2, 0.25) is 0 Å². The average molecular weight is 1790 g/mol. The molecule has 16 N–H and O–H groups in total. The number of carbonyl (C=O) groups excluding carboxylic acids is 11. The number of nitrogens with two attached hydrogens (primary N) is 3. The van der Waals surface area contributed by atoms with Gasteiger partial charge in [0, 0.05) is 113 Å². The lowest BCUT2D eigenvalue weighted by Gasteiger charge is -2.23. The lowest BCUT2D eigenvalue weighted by molar-refractivity contribution is -0.144. The summed E-state index contributed by atoms with van der Waals surface area (Å²) in [6.07, 6.45) is 40.2. The van der Waals surface area contributed by atoms with E-state index in [1.165, 1.54) is 90.4 Å². The molecule has 32 heteroatoms. The molecule has 0 radical (unpaired) electrons. The first kappa shape index (κ1) is 118. The van der Waals surface area contributed by atoms with Gasteiger partial charge in [0.15, 0.2) is 11.6 Å². The number of nitrogens with one attached hydrogen (secondary N) is 6. The second-order valence-electron chi connectivity index (χ2n) is 34.5. The maximum atomic E-state index is 13.8. The van der Waals surface area contributed by atoms with Crippen LogP contribution < -0.4 is 49.1 Å². The van der Waals surface area contributed by atoms with E-state index in [4.69, 9.17) is 46.4 Å². The van der Waals surface area contributed by atoms with Crippen LogP contribution in [0.15, 0.2) is 0 Å². The number of carbonyl (C=O) groups is 15. The normalized spacial score (nSPS) is 12.9. The number of hydrogen-bond donors (Lipinski definition) is 13. The molecule has 125 heavy (non-hydrogen) atoms. The number of unbranched alkanes of at least 4 members (excludes halogenated alkanes) is 33. The minimum Gasteiger partial charge on any atom is -0.481 e. The Kier molecular flexibility index (Phi) is 75.5. The van der Waals surface area contributed by atoms with Gasteiger partial charge in [-0.3, -0.25) is 67.1 Å². The molecule has 0 saturated carbocycles. The van der Waals surface area contributed by atoms with Crippen LogP contribution in [0.3, 0.4) is 0 Å². The Bertz CT molecular complexity index is 2990. The van der Waals surface area contributed by atoms with Crippen LogP contribution in [0.4, 0.5) is 0 Å². The molecule has 0 rings (SSSR count). The van der Waals surface area contributed by atoms with E-state index in [2.05, 4.69) is 31.9 Å². The van der Waals surface area contributed by atoms with Crippen molar-refractivity contribution in [2.24, 2.45) is 35.0 Å². The number of ketones is 5. The van der Waals surface area contributed by atoms with Gasteiger partial charge in [-0.15, -0.1) is 0 Å². The van der Waals surface area contributed by atoms with Crippen molar-refractivity contribution in [2.45, 2.75) is 398 Å². The minimum absolute atomic E-state index is 0. The van der Waals surface area contributed by atoms with Crippen molar-refractivity contribution in [3.8, 4) is 0 Å². The van der Waals surface area contributed by atoms with Gasteiger partial charge in [0.25, 0.3) is 0 Å². The van der Waals surface area contributed by atoms with Crippen molar-refractivity contribution in [2.75, 3.05) is 85.6 Å². The number of hydrogen-bond acceptors (Lipinski definition) is 22. The van der Waals surface area contributed by atoms with Crippen molar-refractivity contribution in [1.29, 1.82) is 0 Å². The molecule has 32 nitrogen and oxygen atoms in total. The Labute approximate surface area is 750 Å². The van der Waals surface area contributed by atoms with Crippen molar-refractivity contribution >= 4 is 88.2 Å². The first-order chi connectivity index (χ1) is 59.9. The average Bonchev–Trinajstić information content (AvgIpc) is 0.867. The van der Waals surface area contributed by atoms with Crippen molar-refractivity contribution in [3.05, 3.63) is 0 Å². The molecule has 0 aliphatic heterocycles. The van der Waals surface area contributed by atoms with E-state index < -0.39 is 65.3 Å². The lowest BCUT2D eigenvalue weighted by atomic mass is 9.82. The summed E-state index contributed by atoms with van der Waals surface area (Å²) in [7, 11) is 0. The van der Waals surface area contributed by atoms with Crippen molar-refractivity contribution in [3.63, 3.8) is 0 Å². The largest absolute Gasteiger partial charge is 0.481 e. The molecule has 0 saturated heterocycles. The predicted molar refractivity (Wildman–Crippen MR) is 486 cm³/mol. The van der Waals surface area contributed by atoms with Gasteiger partial charge >= 0.3 is 23.9 Å². The van der Waals surface area contributed by atoms with E-state index in [-0.39, 0.29) is 205 Å². The highest BCUT2D eigenvalue weighted by molar-refractivity contribution is 5.94. The maximum absolute atomic E-state index is 13.8. The van der Waals surface area contributed by atoms with Crippen molar-refractivity contribution in [1.82, 2.24) is 31.9 Å². The molecule has 0 fully saturated rings. The van der Waals surface area contributed by atoms with Crippen molar-refractivity contribution < 1.29 is 116 Å². The van der Waals surface area contributed by atoms with E-state index in [0.717, 1.165) is 103 Å². The molecule has 6 atom stereocenters. The number of rotatable bonds is 93. The van der Waals surface area contributed by atoms with E-state index in [1.807, 2.05) is 0 Å². The molecule has 728 valence electrons. The molecule has 6 amide bonds. The number of ether oxygens (including phenoxy) is 4. The molecule has 0 aromatic rings. The summed E-state index contributed by atoms with van der Waals surface area (Å²) in [5, 5.41) is 53.1. The zero-order valence-corrected chi connectivity index (χ0v) is 76.8. The number of Topliss-reactive ketones (excluding diaryl/α,β-unsaturated/α-hetero) is 5. The summed E-state index contributed by atoms with van der Waals surface area (Å²) in [6, 6.07) is -2.71. The highest BCUT2D eigenvalue weighted by Gasteiger charge is 2.31. The monoisotopic (exact) mass is 1780 g/mol. The van der Waals surface area contributed by atoms with Gasteiger partial charge in [-0.25, -0.2) is 4.79 Å². The Morgan fingerprint density at radius 2 is 0.664 bits per heavy atom. The second-order valence-corrected chi connectivity index (χ2v) is 34.5. The maximum Gasteiger partial charge on any atom is 0.326 e. The SMILES string of the molecule is CC(=O)[C@H](CCCCNC(=O)[C@@H](N)CCCCCC(=O)COCCOCCNC(=O)CC[C@H](CC(=O)CCCCCCCCCCCCCCCCC(=O)O)C(=O)O)CC(=O)[C@H](CCCCNC(=O)[C@@H](N)CCCCNC(=O)COCCOCCNC(=O)CC[C@H](NC(=O)CCCCCCCCCCCCCCCCCCC(=O)O)C(=O)O)CC(=O)C(C)(C)N.[HH].[HH].[HH]. The molecule has 0 aromatic heterocycles. The third-order valence-electron chi connectivity index (χ3n) is 22.4. The molecule has 0 aliphatic rings. The Balaban J connectivity index is -0.0000256. The molecule has 0 spiro atoms. The number of carboxylic acids is 4.